The lowest BCUT2D eigenvalue weighted by Crippen LogP contribution is -2.01. The summed E-state index contributed by atoms with van der Waals surface area (Å²) >= 11 is 0. The molecule has 56 heavy (non-hydrogen) atoms. The van der Waals surface area contributed by atoms with Crippen LogP contribution in [0.5, 0.6) is 0 Å². The Morgan fingerprint density at radius 1 is 0.393 bits per heavy atom. The van der Waals surface area contributed by atoms with Crippen molar-refractivity contribution in [3.63, 3.8) is 0 Å². The van der Waals surface area contributed by atoms with Crippen molar-refractivity contribution >= 4 is 43.7 Å². The van der Waals surface area contributed by atoms with Crippen LogP contribution in [0.1, 0.15) is 20.6 Å². The summed E-state index contributed by atoms with van der Waals surface area (Å²) in [6.07, 6.45) is 0. The van der Waals surface area contributed by atoms with Crippen LogP contribution in [0, 0.1) is 0 Å². The summed E-state index contributed by atoms with van der Waals surface area (Å²) in [5.41, 5.74) is 1.39. The summed E-state index contributed by atoms with van der Waals surface area (Å²) in [6, 6.07) is 20.6. The molecule has 0 atom stereocenters. The van der Waals surface area contributed by atoms with E-state index in [9.17, 15) is 8.22 Å². The molecule has 0 saturated heterocycles. The first-order chi connectivity index (χ1) is 34.0. The molecule has 0 radical (unpaired) electrons. The molecular weight excluding hydrogens is 685 g/mol. The van der Waals surface area contributed by atoms with E-state index in [0.29, 0.717) is 45.1 Å². The second-order valence-corrected chi connectivity index (χ2v) is 12.9. The zero-order valence-corrected chi connectivity index (χ0v) is 29.0. The highest BCUT2D eigenvalue weighted by Gasteiger charge is 2.19. The zero-order valence-electron chi connectivity index (χ0n) is 44.0. The molecule has 0 amide bonds. The molecule has 8 aromatic carbocycles. The number of fused-ring (bicyclic) bond motifs is 6. The number of furan rings is 1. The van der Waals surface area contributed by atoms with E-state index in [1.165, 1.54) is 6.07 Å². The van der Waals surface area contributed by atoms with Gasteiger partial charge in [-0.3, -0.25) is 0 Å². The number of rotatable bonds is 6. The molecule has 0 aliphatic rings. The minimum absolute atomic E-state index is 0.0744. The fourth-order valence-corrected chi connectivity index (χ4v) is 7.00. The van der Waals surface area contributed by atoms with Crippen LogP contribution in [0.15, 0.2) is 198 Å². The molecular formula is C51H32N4O. The monoisotopic (exact) mass is 731 g/mol. The van der Waals surface area contributed by atoms with Crippen molar-refractivity contribution in [1.29, 1.82) is 0 Å². The summed E-state index contributed by atoms with van der Waals surface area (Å²) in [5, 5.41) is 1.49. The van der Waals surface area contributed by atoms with E-state index in [1.54, 1.807) is 24.3 Å². The first-order valence-electron chi connectivity index (χ1n) is 25.1. The van der Waals surface area contributed by atoms with Crippen LogP contribution in [0.4, 0.5) is 0 Å². The largest absolute Gasteiger partial charge is 0.456 e. The third-order valence-electron chi connectivity index (χ3n) is 9.59. The van der Waals surface area contributed by atoms with Crippen molar-refractivity contribution in [2.45, 2.75) is 0 Å². The Kier molecular flexibility index (Phi) is 4.70. The molecule has 0 bridgehead atoms. The van der Waals surface area contributed by atoms with Crippen molar-refractivity contribution in [3.05, 3.63) is 194 Å². The third-order valence-corrected chi connectivity index (χ3v) is 9.59. The quantitative estimate of drug-likeness (QED) is 0.171. The molecule has 0 aliphatic carbocycles. The number of aromatic nitrogens is 4. The van der Waals surface area contributed by atoms with Gasteiger partial charge in [-0.1, -0.05) is 151 Å². The SMILES string of the molecule is [2H]c1c([2H])c([2H])c(-c2c([2H])c([2H])c(-n3c4cc(-c5ccccc5-c5nc(-c6ccccc6)nc(-c6ccc7c(c6)oc6ccccc67)n5)c([2H])c([2H])c4c4c([2H])c([2H])c([2H])c([2H])c43)c([2H])c2[2H])c([2H])c1[2H]. The van der Waals surface area contributed by atoms with Crippen LogP contribution >= 0.6 is 0 Å². The fraction of sp³-hybridized carbons (Fsp3) is 0. The van der Waals surface area contributed by atoms with Gasteiger partial charge in [-0.2, -0.15) is 0 Å². The van der Waals surface area contributed by atoms with Gasteiger partial charge < -0.3 is 8.98 Å². The minimum atomic E-state index is -0.802. The van der Waals surface area contributed by atoms with Crippen LogP contribution < -0.4 is 0 Å². The third kappa shape index (κ3) is 5.37. The predicted octanol–water partition coefficient (Wildman–Crippen LogP) is 13.2. The summed E-state index contributed by atoms with van der Waals surface area (Å²) in [7, 11) is 0. The van der Waals surface area contributed by atoms with Gasteiger partial charge in [0.05, 0.1) is 31.6 Å². The van der Waals surface area contributed by atoms with Gasteiger partial charge in [0.2, 0.25) is 0 Å². The molecule has 0 aliphatic heterocycles. The van der Waals surface area contributed by atoms with Gasteiger partial charge in [0.15, 0.2) is 17.5 Å². The molecule has 0 unspecified atom stereocenters. The summed E-state index contributed by atoms with van der Waals surface area (Å²) < 4.78 is 141. The maximum absolute atomic E-state index is 9.58. The number of hydrogen-bond acceptors (Lipinski definition) is 4. The Hall–Kier alpha value is -7.63. The summed E-state index contributed by atoms with van der Waals surface area (Å²) in [5.74, 6) is 0.808. The van der Waals surface area contributed by atoms with Crippen molar-refractivity contribution in [2.24, 2.45) is 0 Å². The van der Waals surface area contributed by atoms with Crippen LogP contribution in [0.2, 0.25) is 0 Å². The normalized spacial score (nSPS) is 15.3. The lowest BCUT2D eigenvalue weighted by molar-refractivity contribution is 0.669. The van der Waals surface area contributed by atoms with Crippen LogP contribution in [-0.2, 0) is 0 Å². The lowest BCUT2D eigenvalue weighted by atomic mass is 9.97. The summed E-state index contributed by atoms with van der Waals surface area (Å²) in [6.45, 7) is 0. The van der Waals surface area contributed by atoms with E-state index in [-0.39, 0.29) is 39.2 Å². The first-order valence-corrected chi connectivity index (χ1v) is 17.6. The Morgan fingerprint density at radius 2 is 1.04 bits per heavy atom. The molecule has 3 aromatic heterocycles. The van der Waals surface area contributed by atoms with E-state index in [4.69, 9.17) is 31.7 Å². The fourth-order valence-electron chi connectivity index (χ4n) is 7.00. The average Bonchev–Trinajstić information content (AvgIpc) is 3.93. The molecule has 0 spiro atoms. The molecule has 262 valence electrons. The highest BCUT2D eigenvalue weighted by Crippen LogP contribution is 2.39. The number of benzene rings is 8. The maximum atomic E-state index is 9.58. The number of nitrogens with zero attached hydrogens (tertiary/aromatic N) is 4. The van der Waals surface area contributed by atoms with Crippen molar-refractivity contribution in [1.82, 2.24) is 19.5 Å². The zero-order chi connectivity index (χ0) is 50.1. The van der Waals surface area contributed by atoms with Crippen LogP contribution in [-0.4, -0.2) is 19.5 Å². The van der Waals surface area contributed by atoms with Gasteiger partial charge in [0.25, 0.3) is 0 Å². The van der Waals surface area contributed by atoms with Gasteiger partial charge in [0.1, 0.15) is 11.2 Å². The Morgan fingerprint density at radius 3 is 1.89 bits per heavy atom. The molecule has 3 heterocycles. The van der Waals surface area contributed by atoms with E-state index >= 15 is 0 Å². The molecule has 0 N–H and O–H groups in total. The van der Waals surface area contributed by atoms with E-state index in [0.717, 1.165) is 15.3 Å². The molecule has 5 heteroatoms. The second-order valence-electron chi connectivity index (χ2n) is 12.9. The number of para-hydroxylation sites is 2. The lowest BCUT2D eigenvalue weighted by Gasteiger charge is -2.13. The van der Waals surface area contributed by atoms with Gasteiger partial charge in [-0.25, -0.2) is 15.0 Å². The smallest absolute Gasteiger partial charge is 0.164 e. The number of hydrogen-bond donors (Lipinski definition) is 0. The van der Waals surface area contributed by atoms with Crippen LogP contribution in [0.3, 0.4) is 0 Å². The first kappa shape index (κ1) is 20.2. The standard InChI is InChI=1S/C51H32N4O/c1-3-13-33(14-4-1)34-23-27-38(28-24-34)55-45-21-11-9-18-40(45)41-29-25-36(31-46(41)55)39-17-7-8-20-44(39)51-53-49(35-15-5-2-6-16-35)52-50(54-51)37-26-30-43-42-19-10-12-22-47(42)56-48(43)32-37/h1-32H/i1D,3D,4D,9D,11D,13D,14D,18D,21D,23D,24D,25D,27D,28D,29D. The van der Waals surface area contributed by atoms with Gasteiger partial charge in [-0.05, 0) is 64.6 Å². The van der Waals surface area contributed by atoms with E-state index in [2.05, 4.69) is 0 Å². The van der Waals surface area contributed by atoms with Gasteiger partial charge >= 0.3 is 0 Å². The van der Waals surface area contributed by atoms with E-state index < -0.39 is 101 Å². The van der Waals surface area contributed by atoms with Gasteiger partial charge in [-0.15, -0.1) is 0 Å². The van der Waals surface area contributed by atoms with Crippen molar-refractivity contribution in [3.8, 4) is 62.1 Å². The second kappa shape index (κ2) is 13.0. The highest BCUT2D eigenvalue weighted by atomic mass is 16.3. The predicted molar refractivity (Wildman–Crippen MR) is 229 cm³/mol. The summed E-state index contributed by atoms with van der Waals surface area (Å²) in [4.78, 5) is 14.8. The van der Waals surface area contributed by atoms with Crippen molar-refractivity contribution in [2.75, 3.05) is 0 Å². The Bertz CT molecular complexity index is 4080. The molecule has 0 saturated carbocycles. The Balaban J connectivity index is 1.19. The van der Waals surface area contributed by atoms with E-state index in [1.807, 2.05) is 72.8 Å². The average molecular weight is 732 g/mol. The van der Waals surface area contributed by atoms with Crippen molar-refractivity contribution < 1.29 is 25.0 Å². The Labute approximate surface area is 343 Å². The molecule has 5 nitrogen and oxygen atoms in total. The minimum Gasteiger partial charge on any atom is -0.456 e. The topological polar surface area (TPSA) is 56.7 Å². The highest BCUT2D eigenvalue weighted by molar-refractivity contribution is 6.10. The molecule has 11 aromatic rings. The molecule has 11 rings (SSSR count). The van der Waals surface area contributed by atoms with Gasteiger partial charge in [0, 0.05) is 43.9 Å². The molecule has 0 fully saturated rings. The maximum Gasteiger partial charge on any atom is 0.164 e. The van der Waals surface area contributed by atoms with Crippen LogP contribution in [0.25, 0.3) is 106 Å².